The molecular weight excluding hydrogens is 244 g/mol. The first kappa shape index (κ1) is 15.4. The molecule has 0 aromatic carbocycles. The Labute approximate surface area is 116 Å². The lowest BCUT2D eigenvalue weighted by Crippen LogP contribution is -2.45. The topological polar surface area (TPSA) is 46.3 Å². The van der Waals surface area contributed by atoms with E-state index in [0.717, 1.165) is 25.8 Å². The molecule has 4 heteroatoms. The fourth-order valence-corrected chi connectivity index (χ4v) is 2.96. The molecule has 0 radical (unpaired) electrons. The highest BCUT2D eigenvalue weighted by atomic mass is 32.1. The maximum atomic E-state index is 12.7. The minimum Gasteiger partial charge on any atom is -0.393 e. The molecule has 1 amide bonds. The van der Waals surface area contributed by atoms with Gasteiger partial charge in [-0.25, -0.2) is 0 Å². The molecule has 1 fully saturated rings. The first-order chi connectivity index (χ1) is 8.46. The Kier molecular flexibility index (Phi) is 5.57. The molecule has 0 bridgehead atoms. The van der Waals surface area contributed by atoms with Crippen molar-refractivity contribution in [3.05, 3.63) is 0 Å². The van der Waals surface area contributed by atoms with E-state index in [1.807, 2.05) is 18.7 Å². The standard InChI is InChI=1S/C14H26N2OS/c1-4-14(8-6-7-9-14)13(17)16(5-2)10-11(3)12(15)18/h11H,4-10H2,1-3H3,(H2,15,18). The van der Waals surface area contributed by atoms with E-state index >= 15 is 0 Å². The zero-order chi connectivity index (χ0) is 13.8. The number of hydrogen-bond donors (Lipinski definition) is 1. The summed E-state index contributed by atoms with van der Waals surface area (Å²) in [5.41, 5.74) is 5.55. The van der Waals surface area contributed by atoms with Crippen molar-refractivity contribution in [1.82, 2.24) is 4.90 Å². The van der Waals surface area contributed by atoms with Gasteiger partial charge in [-0.1, -0.05) is 38.9 Å². The van der Waals surface area contributed by atoms with Crippen LogP contribution in [0.2, 0.25) is 0 Å². The third kappa shape index (κ3) is 3.22. The zero-order valence-electron chi connectivity index (χ0n) is 11.9. The van der Waals surface area contributed by atoms with Gasteiger partial charge in [0.2, 0.25) is 5.91 Å². The van der Waals surface area contributed by atoms with Gasteiger partial charge in [-0.15, -0.1) is 0 Å². The molecule has 0 spiro atoms. The summed E-state index contributed by atoms with van der Waals surface area (Å²) >= 11 is 5.00. The van der Waals surface area contributed by atoms with Crippen LogP contribution in [0.15, 0.2) is 0 Å². The normalized spacial score (nSPS) is 19.5. The van der Waals surface area contributed by atoms with E-state index < -0.39 is 0 Å². The van der Waals surface area contributed by atoms with Crippen LogP contribution in [-0.4, -0.2) is 28.9 Å². The van der Waals surface area contributed by atoms with E-state index in [0.29, 0.717) is 17.4 Å². The predicted octanol–water partition coefficient (Wildman–Crippen LogP) is 2.73. The van der Waals surface area contributed by atoms with Crippen molar-refractivity contribution >= 4 is 23.1 Å². The van der Waals surface area contributed by atoms with Crippen LogP contribution < -0.4 is 5.73 Å². The Balaban J connectivity index is 2.75. The molecule has 104 valence electrons. The third-order valence-corrected chi connectivity index (χ3v) is 4.74. The van der Waals surface area contributed by atoms with Crippen molar-refractivity contribution in [2.45, 2.75) is 52.9 Å². The van der Waals surface area contributed by atoms with Gasteiger partial charge in [0, 0.05) is 24.4 Å². The Morgan fingerprint density at radius 3 is 2.33 bits per heavy atom. The second-order valence-corrected chi connectivity index (χ2v) is 5.96. The molecule has 1 saturated carbocycles. The van der Waals surface area contributed by atoms with E-state index in [2.05, 4.69) is 6.92 Å². The Morgan fingerprint density at radius 1 is 1.39 bits per heavy atom. The number of nitrogens with zero attached hydrogens (tertiary/aromatic N) is 1. The highest BCUT2D eigenvalue weighted by Crippen LogP contribution is 2.42. The zero-order valence-corrected chi connectivity index (χ0v) is 12.7. The number of carbonyl (C=O) groups excluding carboxylic acids is 1. The summed E-state index contributed by atoms with van der Waals surface area (Å²) in [6.45, 7) is 7.56. The Bertz CT molecular complexity index is 311. The monoisotopic (exact) mass is 270 g/mol. The molecule has 1 atom stereocenters. The molecule has 1 aliphatic rings. The van der Waals surface area contributed by atoms with E-state index in [-0.39, 0.29) is 11.3 Å². The van der Waals surface area contributed by atoms with Crippen molar-refractivity contribution in [2.75, 3.05) is 13.1 Å². The lowest BCUT2D eigenvalue weighted by molar-refractivity contribution is -0.142. The summed E-state index contributed by atoms with van der Waals surface area (Å²) in [5, 5.41) is 0. The number of nitrogens with two attached hydrogens (primary N) is 1. The second kappa shape index (κ2) is 6.50. The van der Waals surface area contributed by atoms with E-state index in [1.54, 1.807) is 0 Å². The molecule has 2 N–H and O–H groups in total. The quantitative estimate of drug-likeness (QED) is 0.755. The molecule has 0 saturated heterocycles. The molecule has 0 aromatic heterocycles. The molecule has 1 rings (SSSR count). The largest absolute Gasteiger partial charge is 0.393 e. The van der Waals surface area contributed by atoms with Crippen molar-refractivity contribution in [3.63, 3.8) is 0 Å². The SMILES string of the molecule is CCN(CC(C)C(N)=S)C(=O)C1(CC)CCCC1. The Morgan fingerprint density at radius 2 is 1.94 bits per heavy atom. The van der Waals surface area contributed by atoms with Crippen molar-refractivity contribution in [3.8, 4) is 0 Å². The van der Waals surface area contributed by atoms with Crippen LogP contribution in [0.5, 0.6) is 0 Å². The van der Waals surface area contributed by atoms with E-state index in [9.17, 15) is 4.79 Å². The molecule has 18 heavy (non-hydrogen) atoms. The van der Waals surface area contributed by atoms with Crippen molar-refractivity contribution < 1.29 is 4.79 Å². The number of rotatable bonds is 6. The molecule has 0 aliphatic heterocycles. The highest BCUT2D eigenvalue weighted by Gasteiger charge is 2.41. The predicted molar refractivity (Wildman–Crippen MR) is 79.4 cm³/mol. The van der Waals surface area contributed by atoms with Gasteiger partial charge in [0.05, 0.1) is 4.99 Å². The van der Waals surface area contributed by atoms with Gasteiger partial charge in [0.25, 0.3) is 0 Å². The fraction of sp³-hybridized carbons (Fsp3) is 0.857. The van der Waals surface area contributed by atoms with Crippen molar-refractivity contribution in [2.24, 2.45) is 17.1 Å². The smallest absolute Gasteiger partial charge is 0.228 e. The lowest BCUT2D eigenvalue weighted by Gasteiger charge is -2.34. The number of carbonyl (C=O) groups is 1. The average molecular weight is 270 g/mol. The van der Waals surface area contributed by atoms with Gasteiger partial charge in [0.1, 0.15) is 0 Å². The maximum absolute atomic E-state index is 12.7. The summed E-state index contributed by atoms with van der Waals surface area (Å²) in [5.74, 6) is 0.410. The summed E-state index contributed by atoms with van der Waals surface area (Å²) in [4.78, 5) is 15.2. The number of thiocarbonyl (C=S) groups is 1. The molecule has 3 nitrogen and oxygen atoms in total. The van der Waals surface area contributed by atoms with Gasteiger partial charge >= 0.3 is 0 Å². The Hall–Kier alpha value is -0.640. The van der Waals surface area contributed by atoms with Gasteiger partial charge in [0.15, 0.2) is 0 Å². The van der Waals surface area contributed by atoms with E-state index in [1.165, 1.54) is 12.8 Å². The number of amides is 1. The lowest BCUT2D eigenvalue weighted by atomic mass is 9.81. The average Bonchev–Trinajstić information content (AvgIpc) is 2.84. The minimum atomic E-state index is -0.105. The summed E-state index contributed by atoms with van der Waals surface area (Å²) in [7, 11) is 0. The van der Waals surface area contributed by atoms with Crippen molar-refractivity contribution in [1.29, 1.82) is 0 Å². The third-order valence-electron chi connectivity index (χ3n) is 4.34. The molecule has 0 heterocycles. The van der Waals surface area contributed by atoms with Crippen LogP contribution in [-0.2, 0) is 4.79 Å². The summed E-state index contributed by atoms with van der Waals surface area (Å²) < 4.78 is 0. The van der Waals surface area contributed by atoms with Gasteiger partial charge in [-0.2, -0.15) is 0 Å². The van der Waals surface area contributed by atoms with Gasteiger partial charge in [-0.05, 0) is 26.2 Å². The molecule has 1 unspecified atom stereocenters. The van der Waals surface area contributed by atoms with E-state index in [4.69, 9.17) is 18.0 Å². The first-order valence-corrected chi connectivity index (χ1v) is 7.46. The fourth-order valence-electron chi connectivity index (χ4n) is 2.88. The summed E-state index contributed by atoms with van der Waals surface area (Å²) in [6.07, 6.45) is 5.40. The maximum Gasteiger partial charge on any atom is 0.228 e. The summed E-state index contributed by atoms with van der Waals surface area (Å²) in [6, 6.07) is 0. The molecule has 1 aliphatic carbocycles. The second-order valence-electron chi connectivity index (χ2n) is 5.49. The van der Waals surface area contributed by atoms with Gasteiger partial charge < -0.3 is 10.6 Å². The van der Waals surface area contributed by atoms with Crippen LogP contribution in [0.4, 0.5) is 0 Å². The van der Waals surface area contributed by atoms with Crippen LogP contribution in [0, 0.1) is 11.3 Å². The van der Waals surface area contributed by atoms with Crippen LogP contribution in [0.1, 0.15) is 52.9 Å². The highest BCUT2D eigenvalue weighted by molar-refractivity contribution is 7.80. The molecule has 0 aromatic rings. The first-order valence-electron chi connectivity index (χ1n) is 7.05. The number of hydrogen-bond acceptors (Lipinski definition) is 2. The molecular formula is C14H26N2OS. The van der Waals surface area contributed by atoms with Gasteiger partial charge in [-0.3, -0.25) is 4.79 Å². The van der Waals surface area contributed by atoms with Crippen LogP contribution >= 0.6 is 12.2 Å². The van der Waals surface area contributed by atoms with Crippen LogP contribution in [0.3, 0.4) is 0 Å². The van der Waals surface area contributed by atoms with Crippen LogP contribution in [0.25, 0.3) is 0 Å². The minimum absolute atomic E-state index is 0.0965.